The first kappa shape index (κ1) is 9.71. The fourth-order valence-electron chi connectivity index (χ4n) is 1.12. The summed E-state index contributed by atoms with van der Waals surface area (Å²) in [6.45, 7) is 0. The van der Waals surface area contributed by atoms with Gasteiger partial charge in [0.15, 0.2) is 6.29 Å². The molecule has 0 unspecified atom stereocenters. The van der Waals surface area contributed by atoms with Gasteiger partial charge in [-0.25, -0.2) is 0 Å². The number of thioether (sulfide) groups is 1. The van der Waals surface area contributed by atoms with E-state index in [0.717, 1.165) is 20.5 Å². The zero-order chi connectivity index (χ0) is 9.42. The van der Waals surface area contributed by atoms with E-state index in [0.29, 0.717) is 0 Å². The highest BCUT2D eigenvalue weighted by atomic mass is 79.9. The summed E-state index contributed by atoms with van der Waals surface area (Å²) in [5.41, 5.74) is 0. The van der Waals surface area contributed by atoms with Gasteiger partial charge in [0.25, 0.3) is 0 Å². The Morgan fingerprint density at radius 2 is 2.31 bits per heavy atom. The molecule has 0 saturated carbocycles. The Hall–Kier alpha value is 0.160. The molecule has 0 saturated heterocycles. The standard InChI is InChI=1S/C8H5BrOS3/c1-11-7-5(2-10)13-6-4(9)3-12-8(6)7/h2-3H,1H3. The van der Waals surface area contributed by atoms with E-state index in [2.05, 4.69) is 21.3 Å². The van der Waals surface area contributed by atoms with Gasteiger partial charge in [-0.1, -0.05) is 0 Å². The van der Waals surface area contributed by atoms with Gasteiger partial charge in [-0.15, -0.1) is 34.4 Å². The van der Waals surface area contributed by atoms with Gasteiger partial charge in [-0.05, 0) is 22.2 Å². The number of hydrogen-bond acceptors (Lipinski definition) is 4. The Morgan fingerprint density at radius 1 is 1.54 bits per heavy atom. The van der Waals surface area contributed by atoms with Crippen molar-refractivity contribution >= 4 is 66.1 Å². The van der Waals surface area contributed by atoms with Gasteiger partial charge in [0.2, 0.25) is 0 Å². The van der Waals surface area contributed by atoms with Crippen molar-refractivity contribution in [2.45, 2.75) is 4.90 Å². The van der Waals surface area contributed by atoms with Gasteiger partial charge in [0.1, 0.15) is 0 Å². The van der Waals surface area contributed by atoms with Crippen LogP contribution >= 0.6 is 50.4 Å². The highest BCUT2D eigenvalue weighted by Crippen LogP contribution is 2.43. The first-order chi connectivity index (χ1) is 6.27. The largest absolute Gasteiger partial charge is 0.297 e. The van der Waals surface area contributed by atoms with Crippen LogP contribution in [0.25, 0.3) is 9.40 Å². The van der Waals surface area contributed by atoms with Crippen LogP contribution in [-0.4, -0.2) is 12.5 Å². The molecule has 5 heteroatoms. The predicted octanol–water partition coefficient (Wildman–Crippen LogP) is 4.26. The lowest BCUT2D eigenvalue weighted by atomic mass is 10.4. The molecule has 0 spiro atoms. The minimum Gasteiger partial charge on any atom is -0.297 e. The molecule has 2 aromatic rings. The molecule has 2 heterocycles. The number of aldehydes is 1. The number of carbonyl (C=O) groups is 1. The highest BCUT2D eigenvalue weighted by molar-refractivity contribution is 9.10. The van der Waals surface area contributed by atoms with Crippen molar-refractivity contribution in [1.82, 2.24) is 0 Å². The van der Waals surface area contributed by atoms with Crippen LogP contribution in [0, 0.1) is 0 Å². The SMILES string of the molecule is CSc1c(C=O)sc2c(Br)csc12. The lowest BCUT2D eigenvalue weighted by Crippen LogP contribution is -1.72. The maximum atomic E-state index is 10.8. The van der Waals surface area contributed by atoms with Crippen molar-refractivity contribution < 1.29 is 4.79 Å². The van der Waals surface area contributed by atoms with E-state index in [-0.39, 0.29) is 0 Å². The highest BCUT2D eigenvalue weighted by Gasteiger charge is 2.14. The molecule has 0 amide bonds. The van der Waals surface area contributed by atoms with Crippen LogP contribution in [0.1, 0.15) is 9.67 Å². The fraction of sp³-hybridized carbons (Fsp3) is 0.125. The molecule has 0 aliphatic carbocycles. The van der Waals surface area contributed by atoms with Gasteiger partial charge in [0, 0.05) is 14.7 Å². The number of fused-ring (bicyclic) bond motifs is 1. The van der Waals surface area contributed by atoms with Crippen molar-refractivity contribution in [3.63, 3.8) is 0 Å². The van der Waals surface area contributed by atoms with E-state index in [1.165, 1.54) is 9.40 Å². The van der Waals surface area contributed by atoms with Crippen LogP contribution in [0.4, 0.5) is 0 Å². The number of hydrogen-bond donors (Lipinski definition) is 0. The molecule has 2 aromatic heterocycles. The maximum absolute atomic E-state index is 10.8. The minimum atomic E-state index is 0.843. The van der Waals surface area contributed by atoms with E-state index in [4.69, 9.17) is 0 Å². The topological polar surface area (TPSA) is 17.1 Å². The van der Waals surface area contributed by atoms with Crippen molar-refractivity contribution in [2.75, 3.05) is 6.26 Å². The van der Waals surface area contributed by atoms with Crippen LogP contribution in [0.3, 0.4) is 0 Å². The van der Waals surface area contributed by atoms with Crippen LogP contribution in [0.2, 0.25) is 0 Å². The smallest absolute Gasteiger partial charge is 0.161 e. The number of rotatable bonds is 2. The van der Waals surface area contributed by atoms with Gasteiger partial charge in [-0.2, -0.15) is 0 Å². The Balaban J connectivity index is 2.81. The average molecular weight is 293 g/mol. The van der Waals surface area contributed by atoms with Crippen molar-refractivity contribution in [2.24, 2.45) is 0 Å². The van der Waals surface area contributed by atoms with Crippen molar-refractivity contribution in [1.29, 1.82) is 0 Å². The molecule has 0 fully saturated rings. The van der Waals surface area contributed by atoms with Gasteiger partial charge in [-0.3, -0.25) is 4.79 Å². The summed E-state index contributed by atoms with van der Waals surface area (Å²) >= 11 is 8.35. The minimum absolute atomic E-state index is 0.843. The summed E-state index contributed by atoms with van der Waals surface area (Å²) < 4.78 is 3.52. The summed E-state index contributed by atoms with van der Waals surface area (Å²) in [6, 6.07) is 0. The first-order valence-electron chi connectivity index (χ1n) is 3.46. The normalized spacial score (nSPS) is 10.9. The van der Waals surface area contributed by atoms with Crippen molar-refractivity contribution in [3.05, 3.63) is 14.7 Å². The first-order valence-corrected chi connectivity index (χ1v) is 7.18. The van der Waals surface area contributed by atoms with Crippen LogP contribution in [-0.2, 0) is 0 Å². The Kier molecular flexibility index (Phi) is 2.78. The van der Waals surface area contributed by atoms with E-state index >= 15 is 0 Å². The summed E-state index contributed by atoms with van der Waals surface area (Å²) in [5, 5.41) is 2.06. The zero-order valence-electron chi connectivity index (χ0n) is 6.67. The number of carbonyl (C=O) groups excluding carboxylic acids is 1. The molecule has 0 aliphatic rings. The molecule has 0 bridgehead atoms. The van der Waals surface area contributed by atoms with E-state index in [9.17, 15) is 4.79 Å². The quantitative estimate of drug-likeness (QED) is 0.608. The molecule has 1 nitrogen and oxygen atoms in total. The lowest BCUT2D eigenvalue weighted by Gasteiger charge is -1.89. The van der Waals surface area contributed by atoms with Crippen LogP contribution < -0.4 is 0 Å². The van der Waals surface area contributed by atoms with Gasteiger partial charge < -0.3 is 0 Å². The molecular formula is C8H5BrOS3. The second kappa shape index (κ2) is 3.73. The maximum Gasteiger partial charge on any atom is 0.161 e. The molecule has 0 radical (unpaired) electrons. The number of halogens is 1. The van der Waals surface area contributed by atoms with Crippen molar-refractivity contribution in [3.8, 4) is 0 Å². The van der Waals surface area contributed by atoms with E-state index < -0.39 is 0 Å². The third kappa shape index (κ3) is 1.48. The predicted molar refractivity (Wildman–Crippen MR) is 64.6 cm³/mol. The van der Waals surface area contributed by atoms with E-state index in [1.54, 1.807) is 34.4 Å². The Labute approximate surface area is 96.3 Å². The second-order valence-electron chi connectivity index (χ2n) is 2.36. The second-order valence-corrected chi connectivity index (χ2v) is 5.96. The molecule has 68 valence electrons. The zero-order valence-corrected chi connectivity index (χ0v) is 10.7. The molecular weight excluding hydrogens is 288 g/mol. The molecule has 0 N–H and O–H groups in total. The molecule has 0 aliphatic heterocycles. The van der Waals surface area contributed by atoms with Gasteiger partial charge >= 0.3 is 0 Å². The van der Waals surface area contributed by atoms with E-state index in [1.807, 2.05) is 6.26 Å². The average Bonchev–Trinajstić information content (AvgIpc) is 2.65. The Bertz CT molecular complexity index is 457. The third-order valence-electron chi connectivity index (χ3n) is 1.66. The molecule has 2 rings (SSSR count). The van der Waals surface area contributed by atoms with Crippen LogP contribution in [0.15, 0.2) is 14.7 Å². The summed E-state index contributed by atoms with van der Waals surface area (Å²) in [6.07, 6.45) is 2.94. The summed E-state index contributed by atoms with van der Waals surface area (Å²) in [5.74, 6) is 0. The monoisotopic (exact) mass is 292 g/mol. The summed E-state index contributed by atoms with van der Waals surface area (Å²) in [4.78, 5) is 12.7. The molecule has 13 heavy (non-hydrogen) atoms. The summed E-state index contributed by atoms with van der Waals surface area (Å²) in [7, 11) is 0. The third-order valence-corrected chi connectivity index (χ3v) is 6.21. The molecule has 0 aromatic carbocycles. The van der Waals surface area contributed by atoms with Gasteiger partial charge in [0.05, 0.1) is 14.3 Å². The Morgan fingerprint density at radius 3 is 2.92 bits per heavy atom. The lowest BCUT2D eigenvalue weighted by molar-refractivity contribution is 0.112. The number of thiophene rings is 2. The van der Waals surface area contributed by atoms with Crippen LogP contribution in [0.5, 0.6) is 0 Å². The fourth-order valence-corrected chi connectivity index (χ4v) is 5.34. The molecule has 0 atom stereocenters.